The minimum absolute atomic E-state index is 0.0291. The van der Waals surface area contributed by atoms with E-state index in [4.69, 9.17) is 0 Å². The number of hydrogen-bond donors (Lipinski definition) is 3. The van der Waals surface area contributed by atoms with Crippen molar-refractivity contribution in [3.63, 3.8) is 0 Å². The summed E-state index contributed by atoms with van der Waals surface area (Å²) in [5.74, 6) is -0.522. The molecule has 0 bridgehead atoms. The van der Waals surface area contributed by atoms with E-state index in [1.807, 2.05) is 45.2 Å². The second kappa shape index (κ2) is 8.35. The van der Waals surface area contributed by atoms with E-state index in [0.29, 0.717) is 26.1 Å². The maximum Gasteiger partial charge on any atom is 0.228 e. The largest absolute Gasteiger partial charge is 0.352 e. The van der Waals surface area contributed by atoms with Gasteiger partial charge in [0, 0.05) is 43.6 Å². The fourth-order valence-electron chi connectivity index (χ4n) is 3.27. The molecule has 2 heterocycles. The van der Waals surface area contributed by atoms with Gasteiger partial charge in [-0.3, -0.25) is 14.3 Å². The van der Waals surface area contributed by atoms with Gasteiger partial charge < -0.3 is 16.0 Å². The van der Waals surface area contributed by atoms with Gasteiger partial charge in [0.2, 0.25) is 11.8 Å². The smallest absolute Gasteiger partial charge is 0.228 e. The number of piperidine rings is 1. The standard InChI is InChI=1S/C20H27N5O2/c1-13-4-6-18(7-5-13)24-20(27)16-8-15(9-21-10-16)19(26)22-11-17-12-23-25(3)14(17)2/h4-7,12,15-16,21H,8-11H2,1-3H3,(H,22,26)(H,24,27)/t15-,16+/m1/s1. The summed E-state index contributed by atoms with van der Waals surface area (Å²) >= 11 is 0. The van der Waals surface area contributed by atoms with Gasteiger partial charge in [0.05, 0.1) is 18.0 Å². The van der Waals surface area contributed by atoms with Crippen LogP contribution in [-0.4, -0.2) is 34.7 Å². The van der Waals surface area contributed by atoms with E-state index in [1.54, 1.807) is 10.9 Å². The van der Waals surface area contributed by atoms with Crippen LogP contribution in [0.25, 0.3) is 0 Å². The summed E-state index contributed by atoms with van der Waals surface area (Å²) in [7, 11) is 1.88. The molecule has 2 atom stereocenters. The minimum Gasteiger partial charge on any atom is -0.352 e. The molecule has 0 radical (unpaired) electrons. The van der Waals surface area contributed by atoms with Crippen LogP contribution in [0.3, 0.4) is 0 Å². The molecule has 2 aromatic rings. The van der Waals surface area contributed by atoms with Crippen molar-refractivity contribution in [1.29, 1.82) is 0 Å². The maximum atomic E-state index is 12.6. The zero-order chi connectivity index (χ0) is 19.4. The van der Waals surface area contributed by atoms with Crippen molar-refractivity contribution in [2.24, 2.45) is 18.9 Å². The number of amides is 2. The number of carbonyl (C=O) groups is 2. The first-order chi connectivity index (χ1) is 12.9. The maximum absolute atomic E-state index is 12.6. The van der Waals surface area contributed by atoms with Crippen LogP contribution < -0.4 is 16.0 Å². The van der Waals surface area contributed by atoms with Gasteiger partial charge in [-0.15, -0.1) is 0 Å². The second-order valence-electron chi connectivity index (χ2n) is 7.24. The third kappa shape index (κ3) is 4.74. The highest BCUT2D eigenvalue weighted by molar-refractivity contribution is 5.93. The Labute approximate surface area is 159 Å². The van der Waals surface area contributed by atoms with Gasteiger partial charge >= 0.3 is 0 Å². The summed E-state index contributed by atoms with van der Waals surface area (Å²) in [5.41, 5.74) is 3.97. The van der Waals surface area contributed by atoms with Gasteiger partial charge in [-0.2, -0.15) is 5.10 Å². The molecule has 3 N–H and O–H groups in total. The lowest BCUT2D eigenvalue weighted by Crippen LogP contribution is -2.47. The van der Waals surface area contributed by atoms with Gasteiger partial charge in [0.1, 0.15) is 0 Å². The van der Waals surface area contributed by atoms with Gasteiger partial charge in [-0.05, 0) is 32.4 Å². The van der Waals surface area contributed by atoms with Crippen molar-refractivity contribution in [1.82, 2.24) is 20.4 Å². The number of hydrogen-bond acceptors (Lipinski definition) is 4. The third-order valence-corrected chi connectivity index (χ3v) is 5.20. The topological polar surface area (TPSA) is 88.1 Å². The van der Waals surface area contributed by atoms with E-state index in [-0.39, 0.29) is 23.7 Å². The molecule has 3 rings (SSSR count). The zero-order valence-corrected chi connectivity index (χ0v) is 16.1. The van der Waals surface area contributed by atoms with Gasteiger partial charge in [0.25, 0.3) is 0 Å². The predicted molar refractivity (Wildman–Crippen MR) is 104 cm³/mol. The predicted octanol–water partition coefficient (Wildman–Crippen LogP) is 1.52. The lowest BCUT2D eigenvalue weighted by atomic mass is 9.89. The van der Waals surface area contributed by atoms with E-state index in [2.05, 4.69) is 21.0 Å². The molecule has 1 aliphatic heterocycles. The molecule has 1 fully saturated rings. The highest BCUT2D eigenvalue weighted by Gasteiger charge is 2.31. The molecule has 1 aromatic heterocycles. The SMILES string of the molecule is Cc1ccc(NC(=O)[C@@H]2CNC[C@H](C(=O)NCc3cnn(C)c3C)C2)cc1. The van der Waals surface area contributed by atoms with Crippen LogP contribution in [0.1, 0.15) is 23.2 Å². The average molecular weight is 369 g/mol. The van der Waals surface area contributed by atoms with Crippen LogP contribution in [0.5, 0.6) is 0 Å². The van der Waals surface area contributed by atoms with Crippen LogP contribution in [0, 0.1) is 25.7 Å². The molecule has 1 aliphatic rings. The van der Waals surface area contributed by atoms with Crippen LogP contribution in [-0.2, 0) is 23.2 Å². The summed E-state index contributed by atoms with van der Waals surface area (Å²) < 4.78 is 1.79. The lowest BCUT2D eigenvalue weighted by molar-refractivity contribution is -0.127. The molecule has 0 spiro atoms. The lowest BCUT2D eigenvalue weighted by Gasteiger charge is -2.28. The van der Waals surface area contributed by atoms with Gasteiger partial charge in [-0.25, -0.2) is 0 Å². The number of nitrogens with zero attached hydrogens (tertiary/aromatic N) is 2. The van der Waals surface area contributed by atoms with E-state index in [9.17, 15) is 9.59 Å². The van der Waals surface area contributed by atoms with Gasteiger partial charge in [0.15, 0.2) is 0 Å². The second-order valence-corrected chi connectivity index (χ2v) is 7.24. The molecule has 1 aromatic carbocycles. The van der Waals surface area contributed by atoms with Crippen LogP contribution in [0.2, 0.25) is 0 Å². The highest BCUT2D eigenvalue weighted by Crippen LogP contribution is 2.19. The summed E-state index contributed by atoms with van der Waals surface area (Å²) in [6.45, 7) is 5.61. The number of aromatic nitrogens is 2. The monoisotopic (exact) mass is 369 g/mol. The highest BCUT2D eigenvalue weighted by atomic mass is 16.2. The molecule has 0 unspecified atom stereocenters. The Bertz CT molecular complexity index is 812. The van der Waals surface area contributed by atoms with Crippen LogP contribution in [0.4, 0.5) is 5.69 Å². The zero-order valence-electron chi connectivity index (χ0n) is 16.1. The number of benzene rings is 1. The van der Waals surface area contributed by atoms with E-state index < -0.39 is 0 Å². The Hall–Kier alpha value is -2.67. The molecule has 0 aliphatic carbocycles. The number of carbonyl (C=O) groups excluding carboxylic acids is 2. The Morgan fingerprint density at radius 1 is 1.15 bits per heavy atom. The molecular weight excluding hydrogens is 342 g/mol. The summed E-state index contributed by atoms with van der Waals surface area (Å²) in [6.07, 6.45) is 2.31. The molecule has 0 saturated carbocycles. The molecule has 27 heavy (non-hydrogen) atoms. The molecule has 144 valence electrons. The Balaban J connectivity index is 1.53. The molecule has 1 saturated heterocycles. The van der Waals surface area contributed by atoms with E-state index in [0.717, 1.165) is 22.5 Å². The first-order valence-electron chi connectivity index (χ1n) is 9.27. The first-order valence-corrected chi connectivity index (χ1v) is 9.27. The fourth-order valence-corrected chi connectivity index (χ4v) is 3.27. The van der Waals surface area contributed by atoms with E-state index >= 15 is 0 Å². The van der Waals surface area contributed by atoms with Crippen molar-refractivity contribution in [3.8, 4) is 0 Å². The van der Waals surface area contributed by atoms with Gasteiger partial charge in [-0.1, -0.05) is 17.7 Å². The summed E-state index contributed by atoms with van der Waals surface area (Å²) in [6, 6.07) is 7.71. The van der Waals surface area contributed by atoms with Crippen molar-refractivity contribution in [3.05, 3.63) is 47.3 Å². The molecule has 7 nitrogen and oxygen atoms in total. The number of rotatable bonds is 5. The van der Waals surface area contributed by atoms with Crippen molar-refractivity contribution >= 4 is 17.5 Å². The van der Waals surface area contributed by atoms with Crippen LogP contribution >= 0.6 is 0 Å². The fraction of sp³-hybridized carbons (Fsp3) is 0.450. The summed E-state index contributed by atoms with van der Waals surface area (Å²) in [4.78, 5) is 25.1. The normalized spacial score (nSPS) is 19.5. The first kappa shape index (κ1) is 19.1. The molecular formula is C20H27N5O2. The third-order valence-electron chi connectivity index (χ3n) is 5.20. The number of nitrogens with one attached hydrogen (secondary N) is 3. The average Bonchev–Trinajstić information content (AvgIpc) is 3.00. The molecule has 7 heteroatoms. The van der Waals surface area contributed by atoms with Crippen molar-refractivity contribution in [2.75, 3.05) is 18.4 Å². The van der Waals surface area contributed by atoms with Crippen molar-refractivity contribution in [2.45, 2.75) is 26.8 Å². The van der Waals surface area contributed by atoms with E-state index in [1.165, 1.54) is 0 Å². The number of aryl methyl sites for hydroxylation is 2. The molecule has 2 amide bonds. The number of anilines is 1. The quantitative estimate of drug-likeness (QED) is 0.746. The minimum atomic E-state index is -0.226. The van der Waals surface area contributed by atoms with Crippen molar-refractivity contribution < 1.29 is 9.59 Å². The summed E-state index contributed by atoms with van der Waals surface area (Å²) in [5, 5.41) is 13.3. The Kier molecular flexibility index (Phi) is 5.91. The Morgan fingerprint density at radius 3 is 2.44 bits per heavy atom. The Morgan fingerprint density at radius 2 is 1.81 bits per heavy atom. The van der Waals surface area contributed by atoms with Crippen LogP contribution in [0.15, 0.2) is 30.5 Å².